The van der Waals surface area contributed by atoms with Gasteiger partial charge in [-0.25, -0.2) is 0 Å². The van der Waals surface area contributed by atoms with Gasteiger partial charge < -0.3 is 0 Å². The van der Waals surface area contributed by atoms with Crippen LogP contribution < -0.4 is 0 Å². The summed E-state index contributed by atoms with van der Waals surface area (Å²) in [7, 11) is 0. The zero-order valence-corrected chi connectivity index (χ0v) is 36.7. The summed E-state index contributed by atoms with van der Waals surface area (Å²) in [6.45, 7) is 18.6. The third-order valence-corrected chi connectivity index (χ3v) is 12.2. The van der Waals surface area contributed by atoms with Crippen molar-refractivity contribution >= 4 is 0 Å². The second-order valence-corrected chi connectivity index (χ2v) is 18.3. The quantitative estimate of drug-likeness (QED) is 0.0572. The second kappa shape index (κ2) is 37.3. The van der Waals surface area contributed by atoms with E-state index in [4.69, 9.17) is 0 Å². The standard InChI is InChI=1S/C49H101N/c1-8-11-14-17-20-23-26-27-28-29-32-35-38-41-44-47-50(48(4,5)45-42-39-36-33-30-24-21-18-15-12-9-2)49(6,7)46-43-40-37-34-31-25-22-19-16-13-10-3/h8-47H2,1-7H3. The monoisotopic (exact) mass is 704 g/mol. The van der Waals surface area contributed by atoms with Gasteiger partial charge in [-0.05, 0) is 53.5 Å². The van der Waals surface area contributed by atoms with Crippen LogP contribution in [-0.2, 0) is 0 Å². The summed E-state index contributed by atoms with van der Waals surface area (Å²) in [5.74, 6) is 0. The highest BCUT2D eigenvalue weighted by atomic mass is 15.2. The minimum absolute atomic E-state index is 0.302. The van der Waals surface area contributed by atoms with Gasteiger partial charge in [0.05, 0.1) is 0 Å². The summed E-state index contributed by atoms with van der Waals surface area (Å²) in [4.78, 5) is 2.99. The van der Waals surface area contributed by atoms with Crippen LogP contribution in [-0.4, -0.2) is 22.5 Å². The molecule has 0 aromatic rings. The summed E-state index contributed by atoms with van der Waals surface area (Å²) in [6.07, 6.45) is 56.3. The summed E-state index contributed by atoms with van der Waals surface area (Å²) >= 11 is 0. The smallest absolute Gasteiger partial charge is 0.0158 e. The Kier molecular flexibility index (Phi) is 37.3. The van der Waals surface area contributed by atoms with E-state index in [1.54, 1.807) is 0 Å². The van der Waals surface area contributed by atoms with Crippen LogP contribution in [0.15, 0.2) is 0 Å². The van der Waals surface area contributed by atoms with E-state index in [-0.39, 0.29) is 0 Å². The summed E-state index contributed by atoms with van der Waals surface area (Å²) in [5.41, 5.74) is 0.604. The Labute approximate surface area is 320 Å². The van der Waals surface area contributed by atoms with Crippen molar-refractivity contribution in [2.45, 2.75) is 310 Å². The van der Waals surface area contributed by atoms with Crippen molar-refractivity contribution < 1.29 is 0 Å². The van der Waals surface area contributed by atoms with E-state index in [0.29, 0.717) is 11.1 Å². The molecule has 50 heavy (non-hydrogen) atoms. The average molecular weight is 704 g/mol. The lowest BCUT2D eigenvalue weighted by molar-refractivity contribution is 0.00151. The van der Waals surface area contributed by atoms with Gasteiger partial charge >= 0.3 is 0 Å². The van der Waals surface area contributed by atoms with Crippen molar-refractivity contribution in [2.75, 3.05) is 6.54 Å². The fraction of sp³-hybridized carbons (Fsp3) is 1.00. The molecule has 1 heteroatoms. The molecule has 0 atom stereocenters. The zero-order chi connectivity index (χ0) is 36.9. The van der Waals surface area contributed by atoms with E-state index in [1.165, 1.54) is 257 Å². The maximum Gasteiger partial charge on any atom is 0.0158 e. The molecular weight excluding hydrogens is 603 g/mol. The molecule has 0 aromatic carbocycles. The van der Waals surface area contributed by atoms with Gasteiger partial charge in [0.25, 0.3) is 0 Å². The van der Waals surface area contributed by atoms with E-state index in [2.05, 4.69) is 53.4 Å². The molecule has 0 bridgehead atoms. The molecular formula is C49H101N. The topological polar surface area (TPSA) is 3.24 Å². The van der Waals surface area contributed by atoms with Crippen molar-refractivity contribution in [1.29, 1.82) is 0 Å². The lowest BCUT2D eigenvalue weighted by atomic mass is 9.85. The number of hydrogen-bond acceptors (Lipinski definition) is 1. The van der Waals surface area contributed by atoms with Crippen LogP contribution in [0.5, 0.6) is 0 Å². The molecule has 1 nitrogen and oxygen atoms in total. The Bertz CT molecular complexity index is 597. The van der Waals surface area contributed by atoms with E-state index in [9.17, 15) is 0 Å². The van der Waals surface area contributed by atoms with E-state index in [1.807, 2.05) is 0 Å². The van der Waals surface area contributed by atoms with Gasteiger partial charge in [-0.2, -0.15) is 0 Å². The largest absolute Gasteiger partial charge is 0.293 e. The van der Waals surface area contributed by atoms with Crippen LogP contribution in [0.1, 0.15) is 299 Å². The van der Waals surface area contributed by atoms with Gasteiger partial charge in [0.1, 0.15) is 0 Å². The SMILES string of the molecule is CCCCCCCCCCCCCCCCCN(C(C)(C)CCCCCCCCCCCCC)C(C)(C)CCCCCCCCCCCCC. The van der Waals surface area contributed by atoms with Gasteiger partial charge in [-0.3, -0.25) is 4.90 Å². The molecule has 302 valence electrons. The van der Waals surface area contributed by atoms with Crippen molar-refractivity contribution in [3.8, 4) is 0 Å². The molecule has 0 saturated carbocycles. The first-order valence-electron chi connectivity index (χ1n) is 24.1. The maximum absolute atomic E-state index is 2.99. The predicted octanol–water partition coefficient (Wildman–Crippen LogP) is 18.1. The Morgan fingerprint density at radius 2 is 0.420 bits per heavy atom. The first-order chi connectivity index (χ1) is 24.3. The Morgan fingerprint density at radius 3 is 0.640 bits per heavy atom. The number of hydrogen-bond donors (Lipinski definition) is 0. The fourth-order valence-corrected chi connectivity index (χ4v) is 8.78. The van der Waals surface area contributed by atoms with Crippen molar-refractivity contribution in [1.82, 2.24) is 4.90 Å². The zero-order valence-electron chi connectivity index (χ0n) is 36.7. The summed E-state index contributed by atoms with van der Waals surface area (Å²) < 4.78 is 0. The van der Waals surface area contributed by atoms with Crippen molar-refractivity contribution in [3.63, 3.8) is 0 Å². The second-order valence-electron chi connectivity index (χ2n) is 18.3. The molecule has 0 rings (SSSR count). The van der Waals surface area contributed by atoms with Crippen LogP contribution in [0.2, 0.25) is 0 Å². The molecule has 0 aliphatic carbocycles. The molecule has 0 saturated heterocycles. The molecule has 0 N–H and O–H groups in total. The van der Waals surface area contributed by atoms with Crippen LogP contribution in [0.25, 0.3) is 0 Å². The lowest BCUT2D eigenvalue weighted by Gasteiger charge is -2.49. The first kappa shape index (κ1) is 50.0. The predicted molar refractivity (Wildman–Crippen MR) is 232 cm³/mol. The average Bonchev–Trinajstić information content (AvgIpc) is 3.09. The molecule has 0 fully saturated rings. The highest BCUT2D eigenvalue weighted by Crippen LogP contribution is 2.34. The Hall–Kier alpha value is -0.0400. The van der Waals surface area contributed by atoms with Crippen LogP contribution in [0, 0.1) is 0 Å². The molecule has 0 spiro atoms. The maximum atomic E-state index is 2.99. The number of nitrogens with zero attached hydrogens (tertiary/aromatic N) is 1. The van der Waals surface area contributed by atoms with Crippen LogP contribution in [0.3, 0.4) is 0 Å². The normalized spacial score (nSPS) is 12.5. The Balaban J connectivity index is 4.49. The molecule has 0 aliphatic rings. The van der Waals surface area contributed by atoms with Gasteiger partial charge in [0.2, 0.25) is 0 Å². The third-order valence-electron chi connectivity index (χ3n) is 12.2. The molecule has 0 heterocycles. The molecule has 0 aliphatic heterocycles. The van der Waals surface area contributed by atoms with Gasteiger partial charge in [0, 0.05) is 11.1 Å². The first-order valence-corrected chi connectivity index (χ1v) is 24.1. The molecule has 0 unspecified atom stereocenters. The van der Waals surface area contributed by atoms with Crippen LogP contribution >= 0.6 is 0 Å². The van der Waals surface area contributed by atoms with E-state index >= 15 is 0 Å². The van der Waals surface area contributed by atoms with Gasteiger partial charge in [-0.15, -0.1) is 0 Å². The number of unbranched alkanes of at least 4 members (excludes halogenated alkanes) is 34. The van der Waals surface area contributed by atoms with Crippen LogP contribution in [0.4, 0.5) is 0 Å². The van der Waals surface area contributed by atoms with E-state index < -0.39 is 0 Å². The molecule has 0 amide bonds. The summed E-state index contributed by atoms with van der Waals surface area (Å²) in [5, 5.41) is 0. The summed E-state index contributed by atoms with van der Waals surface area (Å²) in [6, 6.07) is 0. The lowest BCUT2D eigenvalue weighted by Crippen LogP contribution is -2.55. The minimum atomic E-state index is 0.302. The highest BCUT2D eigenvalue weighted by Gasteiger charge is 2.36. The van der Waals surface area contributed by atoms with E-state index in [0.717, 1.165) is 0 Å². The molecule has 0 aromatic heterocycles. The van der Waals surface area contributed by atoms with Crippen molar-refractivity contribution in [2.24, 2.45) is 0 Å². The third kappa shape index (κ3) is 32.6. The minimum Gasteiger partial charge on any atom is -0.293 e. The van der Waals surface area contributed by atoms with Crippen molar-refractivity contribution in [3.05, 3.63) is 0 Å². The van der Waals surface area contributed by atoms with Gasteiger partial charge in [0.15, 0.2) is 0 Å². The fourth-order valence-electron chi connectivity index (χ4n) is 8.78. The highest BCUT2D eigenvalue weighted by molar-refractivity contribution is 4.92. The number of rotatable bonds is 42. The van der Waals surface area contributed by atoms with Gasteiger partial charge in [-0.1, -0.05) is 252 Å². The Morgan fingerprint density at radius 1 is 0.240 bits per heavy atom. The molecule has 0 radical (unpaired) electrons.